The molecule has 1 aliphatic heterocycles. The lowest BCUT2D eigenvalue weighted by molar-refractivity contribution is 0.0841. The molecule has 0 N–H and O–H groups in total. The topological polar surface area (TPSA) is 26.3 Å². The summed E-state index contributed by atoms with van der Waals surface area (Å²) in [4.78, 5) is 12.1. The number of ether oxygens (including phenoxy) is 1. The first kappa shape index (κ1) is 12.8. The number of halogens is 2. The molecule has 0 radical (unpaired) electrons. The summed E-state index contributed by atoms with van der Waals surface area (Å²) in [6.45, 7) is 1.87. The fraction of sp³-hybridized carbons (Fsp3) is 0.188. The van der Waals surface area contributed by atoms with E-state index in [1.54, 1.807) is 18.2 Å². The summed E-state index contributed by atoms with van der Waals surface area (Å²) in [5.41, 5.74) is 1.22. The number of rotatable bonds is 1. The van der Waals surface area contributed by atoms with Crippen molar-refractivity contribution < 1.29 is 18.3 Å². The first-order valence-electron chi connectivity index (χ1n) is 6.30. The fourth-order valence-corrected chi connectivity index (χ4v) is 2.42. The van der Waals surface area contributed by atoms with E-state index in [1.165, 1.54) is 6.07 Å². The molecule has 3 rings (SSSR count). The van der Waals surface area contributed by atoms with Crippen LogP contribution in [0.5, 0.6) is 5.75 Å². The predicted molar refractivity (Wildman–Crippen MR) is 69.9 cm³/mol. The van der Waals surface area contributed by atoms with Gasteiger partial charge in [-0.1, -0.05) is 17.7 Å². The Morgan fingerprint density at radius 3 is 2.55 bits per heavy atom. The van der Waals surface area contributed by atoms with Crippen LogP contribution in [0, 0.1) is 18.6 Å². The third-order valence-corrected chi connectivity index (χ3v) is 3.40. The summed E-state index contributed by atoms with van der Waals surface area (Å²) in [5.74, 6) is -1.18. The number of aryl methyl sites for hydroxylation is 1. The molecule has 1 atom stereocenters. The second-order valence-electron chi connectivity index (χ2n) is 4.87. The molecule has 4 heteroatoms. The number of carbonyl (C=O) groups excluding carboxylic acids is 1. The van der Waals surface area contributed by atoms with E-state index in [0.29, 0.717) is 11.3 Å². The van der Waals surface area contributed by atoms with Crippen molar-refractivity contribution in [2.75, 3.05) is 0 Å². The maximum absolute atomic E-state index is 13.8. The zero-order chi connectivity index (χ0) is 14.3. The van der Waals surface area contributed by atoms with E-state index in [4.69, 9.17) is 4.74 Å². The van der Waals surface area contributed by atoms with Crippen molar-refractivity contribution in [1.82, 2.24) is 0 Å². The summed E-state index contributed by atoms with van der Waals surface area (Å²) in [6.07, 6.45) is -0.979. The lowest BCUT2D eigenvalue weighted by atomic mass is 9.95. The molecule has 1 unspecified atom stereocenters. The Labute approximate surface area is 115 Å². The predicted octanol–water partition coefficient (Wildman–Crippen LogP) is 3.98. The van der Waals surface area contributed by atoms with Gasteiger partial charge in [-0.3, -0.25) is 4.79 Å². The number of hydrogen-bond donors (Lipinski definition) is 0. The standard InChI is InChI=1S/C16H12F2O2/c1-9-5-6-14-10(7-9)13(19)8-15(20-14)16-11(17)3-2-4-12(16)18/h2-7,15H,8H2,1H3. The molecular formula is C16H12F2O2. The highest BCUT2D eigenvalue weighted by atomic mass is 19.1. The van der Waals surface area contributed by atoms with E-state index in [-0.39, 0.29) is 17.8 Å². The van der Waals surface area contributed by atoms with Crippen molar-refractivity contribution in [3.05, 3.63) is 64.7 Å². The largest absolute Gasteiger partial charge is 0.484 e. The number of hydrogen-bond acceptors (Lipinski definition) is 2. The van der Waals surface area contributed by atoms with Crippen molar-refractivity contribution >= 4 is 5.78 Å². The van der Waals surface area contributed by atoms with Gasteiger partial charge in [-0.25, -0.2) is 8.78 Å². The first-order valence-corrected chi connectivity index (χ1v) is 6.30. The minimum absolute atomic E-state index is 0.0612. The van der Waals surface area contributed by atoms with Crippen LogP contribution in [0.1, 0.15) is 34.0 Å². The van der Waals surface area contributed by atoms with Gasteiger partial charge in [0.25, 0.3) is 0 Å². The Morgan fingerprint density at radius 1 is 1.15 bits per heavy atom. The van der Waals surface area contributed by atoms with Crippen molar-refractivity contribution in [2.45, 2.75) is 19.4 Å². The van der Waals surface area contributed by atoms with Crippen LogP contribution in [0.3, 0.4) is 0 Å². The molecule has 0 spiro atoms. The number of carbonyl (C=O) groups is 1. The molecular weight excluding hydrogens is 262 g/mol. The zero-order valence-corrected chi connectivity index (χ0v) is 10.8. The van der Waals surface area contributed by atoms with Gasteiger partial charge in [0.05, 0.1) is 17.5 Å². The number of Topliss-reactive ketones (excluding diaryl/α,β-unsaturated/α-hetero) is 1. The summed E-state index contributed by atoms with van der Waals surface area (Å²) in [5, 5.41) is 0. The Morgan fingerprint density at radius 2 is 1.85 bits per heavy atom. The molecule has 0 saturated carbocycles. The molecule has 1 aliphatic rings. The van der Waals surface area contributed by atoms with E-state index in [0.717, 1.165) is 17.7 Å². The lowest BCUT2D eigenvalue weighted by Gasteiger charge is -2.26. The van der Waals surface area contributed by atoms with Crippen molar-refractivity contribution in [1.29, 1.82) is 0 Å². The number of benzene rings is 2. The Kier molecular flexibility index (Phi) is 3.01. The van der Waals surface area contributed by atoms with Crippen LogP contribution in [0.2, 0.25) is 0 Å². The molecule has 0 bridgehead atoms. The molecule has 0 aromatic heterocycles. The van der Waals surface area contributed by atoms with Gasteiger partial charge in [-0.15, -0.1) is 0 Å². The summed E-state index contributed by atoms with van der Waals surface area (Å²) in [6, 6.07) is 8.80. The molecule has 0 fully saturated rings. The maximum atomic E-state index is 13.8. The van der Waals surface area contributed by atoms with E-state index in [1.807, 2.05) is 6.92 Å². The van der Waals surface area contributed by atoms with E-state index < -0.39 is 17.7 Å². The molecule has 1 heterocycles. The quantitative estimate of drug-likeness (QED) is 0.786. The SMILES string of the molecule is Cc1ccc2c(c1)C(=O)CC(c1c(F)cccc1F)O2. The minimum atomic E-state index is -0.918. The molecule has 20 heavy (non-hydrogen) atoms. The van der Waals surface area contributed by atoms with Crippen LogP contribution in [-0.4, -0.2) is 5.78 Å². The lowest BCUT2D eigenvalue weighted by Crippen LogP contribution is -2.22. The normalized spacial score (nSPS) is 17.6. The molecule has 102 valence electrons. The highest BCUT2D eigenvalue weighted by Gasteiger charge is 2.31. The van der Waals surface area contributed by atoms with Gasteiger partial charge in [-0.05, 0) is 31.2 Å². The molecule has 0 saturated heterocycles. The number of ketones is 1. The van der Waals surface area contributed by atoms with Crippen molar-refractivity contribution in [3.63, 3.8) is 0 Å². The molecule has 2 aromatic rings. The van der Waals surface area contributed by atoms with Crippen LogP contribution >= 0.6 is 0 Å². The fourth-order valence-electron chi connectivity index (χ4n) is 2.42. The molecule has 0 aliphatic carbocycles. The number of fused-ring (bicyclic) bond motifs is 1. The summed E-state index contributed by atoms with van der Waals surface area (Å²) in [7, 11) is 0. The Hall–Kier alpha value is -2.23. The van der Waals surface area contributed by atoms with E-state index >= 15 is 0 Å². The molecule has 2 aromatic carbocycles. The van der Waals surface area contributed by atoms with Gasteiger partial charge in [0, 0.05) is 0 Å². The summed E-state index contributed by atoms with van der Waals surface area (Å²) >= 11 is 0. The van der Waals surface area contributed by atoms with Crippen LogP contribution in [0.4, 0.5) is 8.78 Å². The van der Waals surface area contributed by atoms with Crippen molar-refractivity contribution in [3.8, 4) is 5.75 Å². The monoisotopic (exact) mass is 274 g/mol. The zero-order valence-electron chi connectivity index (χ0n) is 10.8. The van der Waals surface area contributed by atoms with Gasteiger partial charge in [0.2, 0.25) is 0 Å². The summed E-state index contributed by atoms with van der Waals surface area (Å²) < 4.78 is 33.1. The van der Waals surface area contributed by atoms with Gasteiger partial charge < -0.3 is 4.74 Å². The van der Waals surface area contributed by atoms with Gasteiger partial charge >= 0.3 is 0 Å². The van der Waals surface area contributed by atoms with Crippen LogP contribution in [0.25, 0.3) is 0 Å². The maximum Gasteiger partial charge on any atom is 0.170 e. The first-order chi connectivity index (χ1) is 9.56. The van der Waals surface area contributed by atoms with Gasteiger partial charge in [0.15, 0.2) is 5.78 Å². The third-order valence-electron chi connectivity index (χ3n) is 3.40. The Balaban J connectivity index is 2.04. The average molecular weight is 274 g/mol. The highest BCUT2D eigenvalue weighted by molar-refractivity contribution is 6.00. The van der Waals surface area contributed by atoms with E-state index in [9.17, 15) is 13.6 Å². The van der Waals surface area contributed by atoms with Gasteiger partial charge in [-0.2, -0.15) is 0 Å². The van der Waals surface area contributed by atoms with Crippen LogP contribution in [0.15, 0.2) is 36.4 Å². The Bertz CT molecular complexity index is 675. The molecule has 2 nitrogen and oxygen atoms in total. The second-order valence-corrected chi connectivity index (χ2v) is 4.87. The minimum Gasteiger partial charge on any atom is -0.484 e. The van der Waals surface area contributed by atoms with Crippen LogP contribution < -0.4 is 4.74 Å². The smallest absolute Gasteiger partial charge is 0.170 e. The molecule has 0 amide bonds. The highest BCUT2D eigenvalue weighted by Crippen LogP contribution is 2.36. The van der Waals surface area contributed by atoms with Crippen LogP contribution in [-0.2, 0) is 0 Å². The van der Waals surface area contributed by atoms with Crippen molar-refractivity contribution in [2.24, 2.45) is 0 Å². The van der Waals surface area contributed by atoms with Gasteiger partial charge in [0.1, 0.15) is 23.5 Å². The average Bonchev–Trinajstić information content (AvgIpc) is 2.39. The van der Waals surface area contributed by atoms with E-state index in [2.05, 4.69) is 0 Å². The third kappa shape index (κ3) is 2.07. The second kappa shape index (κ2) is 4.71.